The van der Waals surface area contributed by atoms with Gasteiger partial charge in [-0.25, -0.2) is 9.31 Å². The smallest absolute Gasteiger partial charge is 0.337 e. The molecular weight excluding hydrogens is 372 g/mol. The molecule has 146 valence electrons. The number of ether oxygens (including phenoxy) is 1. The summed E-state index contributed by atoms with van der Waals surface area (Å²) in [5.41, 5.74) is 2.42. The first-order valence-electron chi connectivity index (χ1n) is 9.04. The molecule has 29 heavy (non-hydrogen) atoms. The fourth-order valence-corrected chi connectivity index (χ4v) is 3.30. The number of benzene rings is 2. The number of anilines is 1. The zero-order chi connectivity index (χ0) is 20.5. The van der Waals surface area contributed by atoms with E-state index < -0.39 is 11.9 Å². The minimum atomic E-state index is -0.500. The average molecular weight is 390 g/mol. The molecule has 2 aromatic carbocycles. The quantitative estimate of drug-likeness (QED) is 0.541. The Morgan fingerprint density at radius 2 is 1.79 bits per heavy atom. The molecule has 2 heterocycles. The molecule has 0 unspecified atom stereocenters. The Bertz CT molecular complexity index is 1320. The largest absolute Gasteiger partial charge is 0.465 e. The Morgan fingerprint density at radius 3 is 2.52 bits per heavy atom. The number of esters is 1. The second-order valence-corrected chi connectivity index (χ2v) is 6.39. The Labute approximate surface area is 165 Å². The highest BCUT2D eigenvalue weighted by Crippen LogP contribution is 2.17. The number of hydrogen-bond donors (Lipinski definition) is 1. The van der Waals surface area contributed by atoms with Crippen molar-refractivity contribution in [3.8, 4) is 0 Å². The lowest BCUT2D eigenvalue weighted by atomic mass is 10.2. The average Bonchev–Trinajstić information content (AvgIpc) is 3.20. The van der Waals surface area contributed by atoms with E-state index in [1.807, 2.05) is 31.2 Å². The lowest BCUT2D eigenvalue weighted by Crippen LogP contribution is -2.22. The van der Waals surface area contributed by atoms with Gasteiger partial charge in [-0.1, -0.05) is 18.2 Å². The van der Waals surface area contributed by atoms with Crippen LogP contribution in [0.5, 0.6) is 0 Å². The zero-order valence-corrected chi connectivity index (χ0v) is 15.9. The van der Waals surface area contributed by atoms with Crippen LogP contribution < -0.4 is 10.9 Å². The van der Waals surface area contributed by atoms with Crippen LogP contribution in [0.2, 0.25) is 0 Å². The Morgan fingerprint density at radius 1 is 1.03 bits per heavy atom. The van der Waals surface area contributed by atoms with Gasteiger partial charge < -0.3 is 14.6 Å². The molecule has 0 fully saturated rings. The van der Waals surface area contributed by atoms with E-state index in [1.165, 1.54) is 23.8 Å². The molecule has 0 atom stereocenters. The highest BCUT2D eigenvalue weighted by molar-refractivity contribution is 6.04. The molecule has 1 amide bonds. The van der Waals surface area contributed by atoms with Gasteiger partial charge in [0.25, 0.3) is 11.5 Å². The van der Waals surface area contributed by atoms with Crippen molar-refractivity contribution >= 4 is 34.1 Å². The number of nitrogens with one attached hydrogen (secondary N) is 1. The van der Waals surface area contributed by atoms with Crippen molar-refractivity contribution in [3.63, 3.8) is 0 Å². The Kier molecular flexibility index (Phi) is 4.59. The molecule has 0 aliphatic heterocycles. The van der Waals surface area contributed by atoms with E-state index in [1.54, 1.807) is 22.8 Å². The van der Waals surface area contributed by atoms with Crippen LogP contribution in [0.15, 0.2) is 59.4 Å². The summed E-state index contributed by atoms with van der Waals surface area (Å²) >= 11 is 0. The van der Waals surface area contributed by atoms with Crippen molar-refractivity contribution in [3.05, 3.63) is 76.2 Å². The number of carbonyl (C=O) groups is 2. The van der Waals surface area contributed by atoms with Crippen molar-refractivity contribution < 1.29 is 14.3 Å². The van der Waals surface area contributed by atoms with Gasteiger partial charge in [-0.3, -0.25) is 9.59 Å². The van der Waals surface area contributed by atoms with Gasteiger partial charge in [-0.05, 0) is 37.3 Å². The second kappa shape index (κ2) is 7.23. The lowest BCUT2D eigenvalue weighted by molar-refractivity contribution is 0.0600. The van der Waals surface area contributed by atoms with Gasteiger partial charge >= 0.3 is 5.97 Å². The number of carbonyl (C=O) groups excluding carboxylic acids is 2. The Balaban J connectivity index is 1.76. The number of para-hydroxylation sites is 2. The maximum absolute atomic E-state index is 12.8. The molecule has 8 nitrogen and oxygen atoms in total. The van der Waals surface area contributed by atoms with Crippen molar-refractivity contribution in [1.82, 2.24) is 14.2 Å². The Hall–Kier alpha value is -3.94. The lowest BCUT2D eigenvalue weighted by Gasteiger charge is -2.09. The highest BCUT2D eigenvalue weighted by atomic mass is 16.5. The molecule has 0 aliphatic carbocycles. The van der Waals surface area contributed by atoms with E-state index in [9.17, 15) is 14.4 Å². The van der Waals surface area contributed by atoms with Crippen LogP contribution in [-0.4, -0.2) is 33.2 Å². The molecule has 0 spiro atoms. The SMILES string of the molecule is CCn1c(=O)c2cc(C(=O)Nc3cccc(C(=O)OC)c3)nn2c2ccccc21. The van der Waals surface area contributed by atoms with Gasteiger partial charge in [-0.15, -0.1) is 0 Å². The first-order valence-corrected chi connectivity index (χ1v) is 9.04. The fraction of sp³-hybridized carbons (Fsp3) is 0.143. The number of aryl methyl sites for hydroxylation is 1. The fourth-order valence-electron chi connectivity index (χ4n) is 3.30. The molecule has 8 heteroatoms. The summed E-state index contributed by atoms with van der Waals surface area (Å²) in [5, 5.41) is 7.05. The van der Waals surface area contributed by atoms with E-state index in [0.717, 1.165) is 11.0 Å². The number of aromatic nitrogens is 3. The van der Waals surface area contributed by atoms with Crippen LogP contribution >= 0.6 is 0 Å². The topological polar surface area (TPSA) is 94.7 Å². The minimum absolute atomic E-state index is 0.101. The van der Waals surface area contributed by atoms with Gasteiger partial charge in [0.2, 0.25) is 0 Å². The first-order chi connectivity index (χ1) is 14.0. The van der Waals surface area contributed by atoms with E-state index in [2.05, 4.69) is 10.4 Å². The molecule has 0 saturated carbocycles. The molecule has 0 bridgehead atoms. The van der Waals surface area contributed by atoms with Gasteiger partial charge in [-0.2, -0.15) is 5.10 Å². The third kappa shape index (κ3) is 3.14. The zero-order valence-electron chi connectivity index (χ0n) is 15.9. The molecule has 4 rings (SSSR count). The molecule has 1 N–H and O–H groups in total. The van der Waals surface area contributed by atoms with Crippen molar-refractivity contribution in [2.45, 2.75) is 13.5 Å². The van der Waals surface area contributed by atoms with Crippen LogP contribution in [-0.2, 0) is 11.3 Å². The summed E-state index contributed by atoms with van der Waals surface area (Å²) < 4.78 is 7.83. The molecule has 0 aliphatic rings. The third-order valence-corrected chi connectivity index (χ3v) is 4.66. The summed E-state index contributed by atoms with van der Waals surface area (Å²) in [6.45, 7) is 2.39. The van der Waals surface area contributed by atoms with E-state index in [-0.39, 0.29) is 11.3 Å². The molecule has 4 aromatic rings. The van der Waals surface area contributed by atoms with Crippen molar-refractivity contribution in [2.24, 2.45) is 0 Å². The monoisotopic (exact) mass is 390 g/mol. The number of rotatable bonds is 4. The minimum Gasteiger partial charge on any atom is -0.465 e. The summed E-state index contributed by atoms with van der Waals surface area (Å²) in [4.78, 5) is 37.2. The van der Waals surface area contributed by atoms with Crippen LogP contribution in [0, 0.1) is 0 Å². The number of methoxy groups -OCH3 is 1. The van der Waals surface area contributed by atoms with Gasteiger partial charge in [0.15, 0.2) is 5.69 Å². The summed E-state index contributed by atoms with van der Waals surface area (Å²) in [5.74, 6) is -0.984. The van der Waals surface area contributed by atoms with Crippen LogP contribution in [0.4, 0.5) is 5.69 Å². The summed E-state index contributed by atoms with van der Waals surface area (Å²) in [6.07, 6.45) is 0. The van der Waals surface area contributed by atoms with Gasteiger partial charge in [0.1, 0.15) is 5.52 Å². The standard InChI is InChI=1S/C21H18N4O4/c1-3-24-16-9-4-5-10-17(16)25-18(20(24)27)12-15(23-25)19(26)22-14-8-6-7-13(11-14)21(28)29-2/h4-12H,3H2,1-2H3,(H,22,26). The van der Waals surface area contributed by atoms with Crippen molar-refractivity contribution in [1.29, 1.82) is 0 Å². The number of fused-ring (bicyclic) bond motifs is 3. The van der Waals surface area contributed by atoms with E-state index >= 15 is 0 Å². The number of amides is 1. The van der Waals surface area contributed by atoms with Crippen LogP contribution in [0.1, 0.15) is 27.8 Å². The molecular formula is C21H18N4O4. The van der Waals surface area contributed by atoms with E-state index in [0.29, 0.717) is 23.3 Å². The van der Waals surface area contributed by atoms with Crippen LogP contribution in [0.25, 0.3) is 16.6 Å². The maximum atomic E-state index is 12.8. The van der Waals surface area contributed by atoms with Gasteiger partial charge in [0.05, 0.1) is 23.7 Å². The van der Waals surface area contributed by atoms with Gasteiger partial charge in [0, 0.05) is 18.3 Å². The van der Waals surface area contributed by atoms with Crippen LogP contribution in [0.3, 0.4) is 0 Å². The predicted octanol–water partition coefficient (Wildman–Crippen LogP) is 2.71. The molecule has 0 saturated heterocycles. The van der Waals surface area contributed by atoms with E-state index in [4.69, 9.17) is 4.74 Å². The number of nitrogens with zero attached hydrogens (tertiary/aromatic N) is 3. The third-order valence-electron chi connectivity index (χ3n) is 4.66. The summed E-state index contributed by atoms with van der Waals surface area (Å²) in [6, 6.07) is 15.3. The summed E-state index contributed by atoms with van der Waals surface area (Å²) in [7, 11) is 1.29. The number of hydrogen-bond acceptors (Lipinski definition) is 5. The maximum Gasteiger partial charge on any atom is 0.337 e. The first kappa shape index (κ1) is 18.4. The predicted molar refractivity (Wildman–Crippen MR) is 108 cm³/mol. The normalized spacial score (nSPS) is 11.0. The molecule has 2 aromatic heterocycles. The molecule has 0 radical (unpaired) electrons. The van der Waals surface area contributed by atoms with Crippen molar-refractivity contribution in [2.75, 3.05) is 12.4 Å². The highest BCUT2D eigenvalue weighted by Gasteiger charge is 2.17. The second-order valence-electron chi connectivity index (χ2n) is 6.39.